The van der Waals surface area contributed by atoms with Gasteiger partial charge in [0.1, 0.15) is 6.04 Å². The average molecular weight is 291 g/mol. The summed E-state index contributed by atoms with van der Waals surface area (Å²) in [5.74, 6) is -2.37. The van der Waals surface area contributed by atoms with Crippen LogP contribution in [0, 0.1) is 5.41 Å². The first-order valence-corrected chi connectivity index (χ1v) is 6.41. The molecule has 7 heteroatoms. The van der Waals surface area contributed by atoms with Gasteiger partial charge < -0.3 is 10.1 Å². The number of carbonyl (C=O) groups excluding carboxylic acids is 2. The molecule has 0 aromatic carbocycles. The molecule has 4 nitrogen and oxygen atoms in total. The van der Waals surface area contributed by atoms with E-state index in [0.29, 0.717) is 19.3 Å². The molecule has 2 aliphatic carbocycles. The van der Waals surface area contributed by atoms with Crippen LogP contribution < -0.4 is 5.32 Å². The Bertz CT molecular complexity index is 478. The van der Waals surface area contributed by atoms with Crippen LogP contribution in [0.15, 0.2) is 11.3 Å². The molecule has 0 radical (unpaired) electrons. The molecule has 1 N–H and O–H groups in total. The molecule has 1 spiro atoms. The van der Waals surface area contributed by atoms with Gasteiger partial charge in [0.15, 0.2) is 0 Å². The number of carbonyl (C=O) groups is 2. The lowest BCUT2D eigenvalue weighted by atomic mass is 9.53. The fourth-order valence-corrected chi connectivity index (χ4v) is 2.90. The van der Waals surface area contributed by atoms with Gasteiger partial charge >= 0.3 is 12.1 Å². The zero-order valence-corrected chi connectivity index (χ0v) is 11.3. The van der Waals surface area contributed by atoms with E-state index < -0.39 is 29.4 Å². The van der Waals surface area contributed by atoms with Crippen molar-refractivity contribution in [3.05, 3.63) is 11.3 Å². The van der Waals surface area contributed by atoms with Crippen LogP contribution in [0.5, 0.6) is 0 Å². The van der Waals surface area contributed by atoms with Crippen molar-refractivity contribution in [1.29, 1.82) is 0 Å². The van der Waals surface area contributed by atoms with Crippen molar-refractivity contribution in [2.75, 3.05) is 7.11 Å². The highest BCUT2D eigenvalue weighted by Crippen LogP contribution is 2.60. The molecule has 2 rings (SSSR count). The fourth-order valence-electron chi connectivity index (χ4n) is 2.90. The van der Waals surface area contributed by atoms with Crippen LogP contribution in [0.25, 0.3) is 0 Å². The van der Waals surface area contributed by atoms with Crippen molar-refractivity contribution in [2.24, 2.45) is 5.41 Å². The molecule has 1 saturated carbocycles. The number of halogens is 3. The van der Waals surface area contributed by atoms with Crippen LogP contribution in [0.2, 0.25) is 0 Å². The Hall–Kier alpha value is -1.53. The summed E-state index contributed by atoms with van der Waals surface area (Å²) < 4.78 is 42.5. The van der Waals surface area contributed by atoms with Gasteiger partial charge in [0.2, 0.25) is 0 Å². The zero-order valence-electron chi connectivity index (χ0n) is 11.3. The molecule has 0 aliphatic heterocycles. The average Bonchev–Trinajstić information content (AvgIpc) is 2.28. The number of ether oxygens (including phenoxy) is 1. The SMILES string of the molecule is COC(=O)C(C)NC1=C(C(=O)C(F)(F)F)C2(CCC2)C1. The molecular formula is C13H16F3NO3. The second-order valence-corrected chi connectivity index (χ2v) is 5.38. The molecule has 0 amide bonds. The Kier molecular flexibility index (Phi) is 3.56. The Balaban J connectivity index is 2.22. The maximum Gasteiger partial charge on any atom is 0.454 e. The van der Waals surface area contributed by atoms with Gasteiger partial charge in [0, 0.05) is 16.7 Å². The first-order chi connectivity index (χ1) is 9.21. The summed E-state index contributed by atoms with van der Waals surface area (Å²) in [4.78, 5) is 22.8. The van der Waals surface area contributed by atoms with Crippen molar-refractivity contribution in [2.45, 2.75) is 44.8 Å². The van der Waals surface area contributed by atoms with Crippen LogP contribution in [-0.4, -0.2) is 31.1 Å². The highest BCUT2D eigenvalue weighted by molar-refractivity contribution is 6.03. The number of hydrogen-bond acceptors (Lipinski definition) is 4. The maximum absolute atomic E-state index is 12.7. The minimum Gasteiger partial charge on any atom is -0.467 e. The normalized spacial score (nSPS) is 21.9. The fraction of sp³-hybridized carbons (Fsp3) is 0.692. The van der Waals surface area contributed by atoms with Gasteiger partial charge in [-0.15, -0.1) is 0 Å². The summed E-state index contributed by atoms with van der Waals surface area (Å²) in [6.07, 6.45) is -2.45. The molecular weight excluding hydrogens is 275 g/mol. The quantitative estimate of drug-likeness (QED) is 0.806. The largest absolute Gasteiger partial charge is 0.467 e. The second kappa shape index (κ2) is 4.79. The number of hydrogen-bond donors (Lipinski definition) is 1. The first kappa shape index (κ1) is 14.9. The minimum absolute atomic E-state index is 0.188. The van der Waals surface area contributed by atoms with E-state index in [1.165, 1.54) is 14.0 Å². The molecule has 0 heterocycles. The van der Waals surface area contributed by atoms with Crippen LogP contribution in [0.3, 0.4) is 0 Å². The lowest BCUT2D eigenvalue weighted by molar-refractivity contribution is -0.169. The summed E-state index contributed by atoms with van der Waals surface area (Å²) in [5.41, 5.74) is -0.581. The zero-order chi connectivity index (χ0) is 15.1. The monoisotopic (exact) mass is 291 g/mol. The molecule has 20 heavy (non-hydrogen) atoms. The predicted molar refractivity (Wildman–Crippen MR) is 63.6 cm³/mol. The molecule has 0 saturated heterocycles. The standard InChI is InChI=1S/C13H16F3NO3/c1-7(11(19)20-2)17-8-6-12(4-3-5-12)9(8)10(18)13(14,15)16/h7,17H,3-6H2,1-2H3. The van der Waals surface area contributed by atoms with Gasteiger partial charge in [0.05, 0.1) is 7.11 Å². The van der Waals surface area contributed by atoms with E-state index in [-0.39, 0.29) is 11.3 Å². The topological polar surface area (TPSA) is 55.4 Å². The number of allylic oxidation sites excluding steroid dienone is 2. The Labute approximate surface area is 114 Å². The van der Waals surface area contributed by atoms with Crippen molar-refractivity contribution in [3.63, 3.8) is 0 Å². The summed E-state index contributed by atoms with van der Waals surface area (Å²) in [7, 11) is 1.20. The number of methoxy groups -OCH3 is 1. The highest BCUT2D eigenvalue weighted by Gasteiger charge is 2.57. The minimum atomic E-state index is -4.88. The molecule has 1 fully saturated rings. The van der Waals surface area contributed by atoms with E-state index in [0.717, 1.165) is 6.42 Å². The molecule has 0 bridgehead atoms. The van der Waals surface area contributed by atoms with Gasteiger partial charge in [0.25, 0.3) is 5.78 Å². The van der Waals surface area contributed by atoms with E-state index in [1.54, 1.807) is 0 Å². The van der Waals surface area contributed by atoms with Gasteiger partial charge in [-0.2, -0.15) is 13.2 Å². The molecule has 0 aromatic heterocycles. The van der Waals surface area contributed by atoms with E-state index >= 15 is 0 Å². The highest BCUT2D eigenvalue weighted by atomic mass is 19.4. The van der Waals surface area contributed by atoms with Crippen LogP contribution in [0.1, 0.15) is 32.6 Å². The Morgan fingerprint density at radius 2 is 1.95 bits per heavy atom. The van der Waals surface area contributed by atoms with Crippen molar-refractivity contribution >= 4 is 11.8 Å². The van der Waals surface area contributed by atoms with E-state index in [9.17, 15) is 22.8 Å². The molecule has 112 valence electrons. The van der Waals surface area contributed by atoms with Gasteiger partial charge in [-0.1, -0.05) is 6.42 Å². The number of ketones is 1. The van der Waals surface area contributed by atoms with Gasteiger partial charge in [-0.05, 0) is 26.2 Å². The number of esters is 1. The smallest absolute Gasteiger partial charge is 0.454 e. The lowest BCUT2D eigenvalue weighted by Crippen LogP contribution is -2.51. The number of Topliss-reactive ketones (excluding diaryl/α,β-unsaturated/α-hetero) is 1. The third-order valence-corrected chi connectivity index (χ3v) is 4.09. The number of nitrogens with one attached hydrogen (secondary N) is 1. The van der Waals surface area contributed by atoms with Crippen LogP contribution in [-0.2, 0) is 14.3 Å². The van der Waals surface area contributed by atoms with Crippen molar-refractivity contribution in [3.8, 4) is 0 Å². The molecule has 0 aromatic rings. The Morgan fingerprint density at radius 3 is 2.35 bits per heavy atom. The summed E-state index contributed by atoms with van der Waals surface area (Å²) in [6, 6.07) is -0.775. The first-order valence-electron chi connectivity index (χ1n) is 6.41. The predicted octanol–water partition coefficient (Wildman–Crippen LogP) is 2.10. The van der Waals surface area contributed by atoms with Crippen molar-refractivity contribution < 1.29 is 27.5 Å². The number of rotatable bonds is 4. The summed E-state index contributed by atoms with van der Waals surface area (Å²) in [6.45, 7) is 1.49. The summed E-state index contributed by atoms with van der Waals surface area (Å²) >= 11 is 0. The van der Waals surface area contributed by atoms with Crippen molar-refractivity contribution in [1.82, 2.24) is 5.32 Å². The third kappa shape index (κ3) is 2.29. The molecule has 1 unspecified atom stereocenters. The third-order valence-electron chi connectivity index (χ3n) is 4.09. The molecule has 1 atom stereocenters. The van der Waals surface area contributed by atoms with E-state index in [1.807, 2.05) is 0 Å². The summed E-state index contributed by atoms with van der Waals surface area (Å²) in [5, 5.41) is 2.68. The van der Waals surface area contributed by atoms with Crippen LogP contribution >= 0.6 is 0 Å². The van der Waals surface area contributed by atoms with Crippen LogP contribution in [0.4, 0.5) is 13.2 Å². The van der Waals surface area contributed by atoms with Gasteiger partial charge in [-0.3, -0.25) is 4.79 Å². The van der Waals surface area contributed by atoms with E-state index in [4.69, 9.17) is 0 Å². The van der Waals surface area contributed by atoms with E-state index in [2.05, 4.69) is 10.1 Å². The van der Waals surface area contributed by atoms with Gasteiger partial charge in [-0.25, -0.2) is 4.79 Å². The molecule has 2 aliphatic rings. The Morgan fingerprint density at radius 1 is 1.35 bits per heavy atom. The maximum atomic E-state index is 12.7. The number of alkyl halides is 3. The second-order valence-electron chi connectivity index (χ2n) is 5.38. The lowest BCUT2D eigenvalue weighted by Gasteiger charge is -2.52.